The third kappa shape index (κ3) is 2.40. The molecular weight excluding hydrogens is 316 g/mol. The minimum atomic E-state index is -1.61. The summed E-state index contributed by atoms with van der Waals surface area (Å²) >= 11 is 0. The largest absolute Gasteiger partial charge is 0.393 e. The van der Waals surface area contributed by atoms with Crippen molar-refractivity contribution in [1.29, 1.82) is 0 Å². The van der Waals surface area contributed by atoms with Gasteiger partial charge in [-0.05, 0) is 68.6 Å². The van der Waals surface area contributed by atoms with E-state index in [0.29, 0.717) is 30.6 Å². The van der Waals surface area contributed by atoms with Gasteiger partial charge in [-0.1, -0.05) is 25.5 Å². The molecule has 142 valence electrons. The average Bonchev–Trinajstić information content (AvgIpc) is 2.86. The Morgan fingerprint density at radius 3 is 2.48 bits per heavy atom. The summed E-state index contributed by atoms with van der Waals surface area (Å²) in [7, 11) is 0. The predicted octanol–water partition coefficient (Wildman–Crippen LogP) is 2.60. The van der Waals surface area contributed by atoms with Gasteiger partial charge in [-0.15, -0.1) is 0 Å². The Kier molecular flexibility index (Phi) is 3.98. The molecule has 0 aromatic carbocycles. The SMILES string of the molecule is CC(O)(O)[C@H]1CC[C@H]2[C@@H]3CC=C4C[C@@H](O)C[C@H](O)[C@]4(C)[C@H]3CC[C@]12C. The van der Waals surface area contributed by atoms with Crippen LogP contribution < -0.4 is 0 Å². The molecule has 0 aromatic rings. The van der Waals surface area contributed by atoms with E-state index in [9.17, 15) is 20.4 Å². The molecule has 0 bridgehead atoms. The Morgan fingerprint density at radius 2 is 1.80 bits per heavy atom. The predicted molar refractivity (Wildman–Crippen MR) is 95.4 cm³/mol. The molecule has 0 spiro atoms. The minimum Gasteiger partial charge on any atom is -0.393 e. The van der Waals surface area contributed by atoms with Gasteiger partial charge in [0.2, 0.25) is 0 Å². The second-order valence-electron chi connectivity index (χ2n) is 10.0. The van der Waals surface area contributed by atoms with E-state index in [1.54, 1.807) is 6.92 Å². The normalized spacial score (nSPS) is 52.8. The summed E-state index contributed by atoms with van der Waals surface area (Å²) in [5.41, 5.74) is 1.01. The molecule has 3 saturated carbocycles. The van der Waals surface area contributed by atoms with Gasteiger partial charge in [0.05, 0.1) is 12.2 Å². The first-order chi connectivity index (χ1) is 11.6. The van der Waals surface area contributed by atoms with Gasteiger partial charge in [0.1, 0.15) is 0 Å². The van der Waals surface area contributed by atoms with Gasteiger partial charge in [0.15, 0.2) is 5.79 Å². The summed E-state index contributed by atoms with van der Waals surface area (Å²) in [6.07, 6.45) is 7.55. The average molecular weight is 350 g/mol. The number of rotatable bonds is 1. The van der Waals surface area contributed by atoms with Gasteiger partial charge >= 0.3 is 0 Å². The van der Waals surface area contributed by atoms with E-state index in [0.717, 1.165) is 32.1 Å². The van der Waals surface area contributed by atoms with Gasteiger partial charge < -0.3 is 20.4 Å². The van der Waals surface area contributed by atoms with E-state index in [-0.39, 0.29) is 16.7 Å². The summed E-state index contributed by atoms with van der Waals surface area (Å²) in [6.45, 7) is 6.02. The fraction of sp³-hybridized carbons (Fsp3) is 0.905. The van der Waals surface area contributed by atoms with Crippen molar-refractivity contribution in [2.75, 3.05) is 0 Å². The van der Waals surface area contributed by atoms with Crippen LogP contribution in [-0.2, 0) is 0 Å². The smallest absolute Gasteiger partial charge is 0.163 e. The van der Waals surface area contributed by atoms with Crippen LogP contribution in [0.5, 0.6) is 0 Å². The molecule has 0 radical (unpaired) electrons. The van der Waals surface area contributed by atoms with Crippen LogP contribution in [0.25, 0.3) is 0 Å². The van der Waals surface area contributed by atoms with Crippen LogP contribution in [0.15, 0.2) is 11.6 Å². The monoisotopic (exact) mass is 350 g/mol. The molecule has 0 aliphatic heterocycles. The molecule has 4 aliphatic rings. The fourth-order valence-electron chi connectivity index (χ4n) is 7.60. The molecule has 4 N–H and O–H groups in total. The van der Waals surface area contributed by atoms with Gasteiger partial charge in [-0.2, -0.15) is 0 Å². The first-order valence-corrected chi connectivity index (χ1v) is 10.1. The van der Waals surface area contributed by atoms with E-state index in [1.807, 2.05) is 0 Å². The van der Waals surface area contributed by atoms with E-state index in [2.05, 4.69) is 19.9 Å². The lowest BCUT2D eigenvalue weighted by Crippen LogP contribution is -2.56. The number of hydrogen-bond donors (Lipinski definition) is 4. The Morgan fingerprint density at radius 1 is 1.08 bits per heavy atom. The first-order valence-electron chi connectivity index (χ1n) is 10.1. The number of aliphatic hydroxyl groups excluding tert-OH is 2. The Hall–Kier alpha value is -0.420. The van der Waals surface area contributed by atoms with Crippen molar-refractivity contribution in [2.45, 2.75) is 83.7 Å². The van der Waals surface area contributed by atoms with Gasteiger partial charge in [0.25, 0.3) is 0 Å². The number of hydrogen-bond acceptors (Lipinski definition) is 4. The van der Waals surface area contributed by atoms with Crippen LogP contribution in [0.4, 0.5) is 0 Å². The Balaban J connectivity index is 1.68. The lowest BCUT2D eigenvalue weighted by atomic mass is 9.46. The highest BCUT2D eigenvalue weighted by molar-refractivity contribution is 5.27. The fourth-order valence-corrected chi connectivity index (χ4v) is 7.60. The van der Waals surface area contributed by atoms with Crippen LogP contribution >= 0.6 is 0 Å². The van der Waals surface area contributed by atoms with Crippen molar-refractivity contribution >= 4 is 0 Å². The number of aliphatic hydroxyl groups is 4. The van der Waals surface area contributed by atoms with Crippen molar-refractivity contribution in [3.63, 3.8) is 0 Å². The summed E-state index contributed by atoms with van der Waals surface area (Å²) < 4.78 is 0. The molecule has 0 unspecified atom stereocenters. The van der Waals surface area contributed by atoms with Crippen molar-refractivity contribution in [2.24, 2.45) is 34.5 Å². The molecule has 3 fully saturated rings. The molecule has 8 atom stereocenters. The highest BCUT2D eigenvalue weighted by Gasteiger charge is 2.62. The third-order valence-corrected chi connectivity index (χ3v) is 8.84. The molecule has 0 amide bonds. The molecule has 25 heavy (non-hydrogen) atoms. The summed E-state index contributed by atoms with van der Waals surface area (Å²) in [5, 5.41) is 41.6. The van der Waals surface area contributed by atoms with Gasteiger partial charge in [-0.25, -0.2) is 0 Å². The van der Waals surface area contributed by atoms with Crippen molar-refractivity contribution < 1.29 is 20.4 Å². The van der Waals surface area contributed by atoms with E-state index >= 15 is 0 Å². The lowest BCUT2D eigenvalue weighted by molar-refractivity contribution is -0.219. The lowest BCUT2D eigenvalue weighted by Gasteiger charge is -2.59. The molecular formula is C21H34O4. The standard InChI is InChI=1S/C21H34O4/c1-19-9-8-16-14(15(19)6-7-17(19)21(3,24)25)5-4-12-10-13(22)11-18(23)20(12,16)2/h4,13-18,22-25H,5-11H2,1-3H3/t13-,14+,15+,16+,17+,18+,19+,20+/m1/s1. The van der Waals surface area contributed by atoms with Crippen LogP contribution in [0, 0.1) is 34.5 Å². The Bertz CT molecular complexity index is 579. The van der Waals surface area contributed by atoms with Crippen LogP contribution in [0.2, 0.25) is 0 Å². The Labute approximate surface area is 151 Å². The molecule has 0 heterocycles. The van der Waals surface area contributed by atoms with E-state index < -0.39 is 18.0 Å². The third-order valence-electron chi connectivity index (χ3n) is 8.84. The van der Waals surface area contributed by atoms with Crippen molar-refractivity contribution in [3.05, 3.63) is 11.6 Å². The molecule has 4 aliphatic carbocycles. The van der Waals surface area contributed by atoms with Crippen LogP contribution in [0.3, 0.4) is 0 Å². The highest BCUT2D eigenvalue weighted by atomic mass is 16.5. The van der Waals surface area contributed by atoms with E-state index in [4.69, 9.17) is 0 Å². The zero-order chi connectivity index (χ0) is 18.2. The number of allylic oxidation sites excluding steroid dienone is 1. The summed E-state index contributed by atoms with van der Waals surface area (Å²) in [6, 6.07) is 0. The second-order valence-corrected chi connectivity index (χ2v) is 10.0. The molecule has 0 saturated heterocycles. The van der Waals surface area contributed by atoms with Gasteiger partial charge in [-0.3, -0.25) is 0 Å². The molecule has 4 heteroatoms. The van der Waals surface area contributed by atoms with Crippen LogP contribution in [-0.4, -0.2) is 38.4 Å². The maximum atomic E-state index is 10.9. The van der Waals surface area contributed by atoms with Crippen molar-refractivity contribution in [3.8, 4) is 0 Å². The zero-order valence-electron chi connectivity index (χ0n) is 15.8. The second kappa shape index (κ2) is 5.54. The van der Waals surface area contributed by atoms with Crippen LogP contribution in [0.1, 0.15) is 65.7 Å². The number of fused-ring (bicyclic) bond motifs is 5. The van der Waals surface area contributed by atoms with E-state index in [1.165, 1.54) is 5.57 Å². The molecule has 4 rings (SSSR count). The topological polar surface area (TPSA) is 80.9 Å². The summed E-state index contributed by atoms with van der Waals surface area (Å²) in [5.74, 6) is -0.240. The highest BCUT2D eigenvalue weighted by Crippen LogP contribution is 2.67. The maximum Gasteiger partial charge on any atom is 0.163 e. The van der Waals surface area contributed by atoms with Gasteiger partial charge in [0, 0.05) is 17.8 Å². The molecule has 0 aromatic heterocycles. The summed E-state index contributed by atoms with van der Waals surface area (Å²) in [4.78, 5) is 0. The quantitative estimate of drug-likeness (QED) is 0.433. The van der Waals surface area contributed by atoms with Crippen molar-refractivity contribution in [1.82, 2.24) is 0 Å². The maximum absolute atomic E-state index is 10.9. The minimum absolute atomic E-state index is 0.0275. The zero-order valence-corrected chi connectivity index (χ0v) is 15.8. The first kappa shape index (κ1) is 18.0. The molecule has 4 nitrogen and oxygen atoms in total.